The fourth-order valence-electron chi connectivity index (χ4n) is 3.85. The van der Waals surface area contributed by atoms with E-state index in [-0.39, 0.29) is 17.3 Å². The van der Waals surface area contributed by atoms with Crippen molar-refractivity contribution in [3.8, 4) is 23.3 Å². The van der Waals surface area contributed by atoms with Gasteiger partial charge in [0.2, 0.25) is 0 Å². The number of carbonyl (C=O) groups excluding carboxylic acids is 2. The van der Waals surface area contributed by atoms with Crippen LogP contribution in [0, 0.1) is 11.3 Å². The first kappa shape index (κ1) is 26.4. The molecule has 1 fully saturated rings. The molecule has 38 heavy (non-hydrogen) atoms. The lowest BCUT2D eigenvalue weighted by Crippen LogP contribution is -2.54. The molecular weight excluding hydrogens is 502 g/mol. The summed E-state index contributed by atoms with van der Waals surface area (Å²) in [5.74, 6) is 0.341. The molecule has 0 atom stereocenters. The van der Waals surface area contributed by atoms with E-state index in [1.165, 1.54) is 11.0 Å². The third-order valence-electron chi connectivity index (χ3n) is 5.59. The molecule has 0 saturated carbocycles. The monoisotopic (exact) mass is 527 g/mol. The van der Waals surface area contributed by atoms with Crippen molar-refractivity contribution in [1.29, 1.82) is 5.26 Å². The third-order valence-corrected chi connectivity index (χ3v) is 5.87. The van der Waals surface area contributed by atoms with Crippen molar-refractivity contribution in [2.24, 2.45) is 0 Å². The van der Waals surface area contributed by atoms with Crippen molar-refractivity contribution in [1.82, 2.24) is 5.32 Å². The number of hydrogen-bond donors (Lipinski definition) is 1. The molecule has 192 valence electrons. The van der Waals surface area contributed by atoms with Gasteiger partial charge in [-0.3, -0.25) is 19.8 Å². The van der Waals surface area contributed by atoms with Crippen LogP contribution in [-0.2, 0) is 16.2 Å². The molecule has 8 nitrogen and oxygen atoms in total. The molecule has 0 bridgehead atoms. The molecule has 1 saturated heterocycles. The van der Waals surface area contributed by atoms with Crippen LogP contribution in [0.25, 0.3) is 6.08 Å². The first-order valence-corrected chi connectivity index (χ1v) is 12.4. The average molecular weight is 528 g/mol. The van der Waals surface area contributed by atoms with E-state index in [9.17, 15) is 14.9 Å². The van der Waals surface area contributed by atoms with Crippen LogP contribution < -0.4 is 24.4 Å². The molecule has 0 spiro atoms. The first-order valence-electron chi connectivity index (χ1n) is 12.0. The second kappa shape index (κ2) is 12.0. The van der Waals surface area contributed by atoms with Gasteiger partial charge >= 0.3 is 0 Å². The quantitative estimate of drug-likeness (QED) is 0.243. The second-order valence-corrected chi connectivity index (χ2v) is 8.47. The minimum absolute atomic E-state index is 0.0118. The summed E-state index contributed by atoms with van der Waals surface area (Å²) in [6, 6.07) is 21.4. The van der Waals surface area contributed by atoms with Crippen LogP contribution >= 0.6 is 12.2 Å². The molecule has 0 unspecified atom stereocenters. The number of rotatable bonds is 9. The van der Waals surface area contributed by atoms with E-state index in [0.29, 0.717) is 47.3 Å². The number of nitrogens with zero attached hydrogens (tertiary/aromatic N) is 2. The lowest BCUT2D eigenvalue weighted by atomic mass is 10.1. The Bertz CT molecular complexity index is 1460. The fourth-order valence-corrected chi connectivity index (χ4v) is 4.13. The summed E-state index contributed by atoms with van der Waals surface area (Å²) in [5, 5.41) is 11.9. The van der Waals surface area contributed by atoms with Gasteiger partial charge in [0.05, 0.1) is 30.5 Å². The van der Waals surface area contributed by atoms with Gasteiger partial charge in [-0.05, 0) is 68.0 Å². The summed E-state index contributed by atoms with van der Waals surface area (Å²) in [4.78, 5) is 27.4. The molecule has 0 aliphatic carbocycles. The molecule has 3 aromatic carbocycles. The topological polar surface area (TPSA) is 101 Å². The van der Waals surface area contributed by atoms with Crippen LogP contribution in [0.2, 0.25) is 0 Å². The van der Waals surface area contributed by atoms with Gasteiger partial charge < -0.3 is 14.2 Å². The minimum atomic E-state index is -0.594. The molecular formula is C29H25N3O5S. The highest BCUT2D eigenvalue weighted by molar-refractivity contribution is 7.80. The van der Waals surface area contributed by atoms with Crippen molar-refractivity contribution in [3.05, 3.63) is 89.0 Å². The minimum Gasteiger partial charge on any atom is -0.494 e. The van der Waals surface area contributed by atoms with E-state index in [1.54, 1.807) is 54.6 Å². The maximum absolute atomic E-state index is 13.4. The van der Waals surface area contributed by atoms with Gasteiger partial charge in [-0.1, -0.05) is 30.3 Å². The highest BCUT2D eigenvalue weighted by atomic mass is 32.1. The number of nitrogens with one attached hydrogen (secondary N) is 1. The summed E-state index contributed by atoms with van der Waals surface area (Å²) in [6.45, 7) is 4.73. The molecule has 1 N–H and O–H groups in total. The number of thiocarbonyl (C=S) groups is 1. The largest absolute Gasteiger partial charge is 0.494 e. The molecule has 4 rings (SSSR count). The van der Waals surface area contributed by atoms with E-state index < -0.39 is 11.8 Å². The van der Waals surface area contributed by atoms with E-state index in [1.807, 2.05) is 26.0 Å². The van der Waals surface area contributed by atoms with Gasteiger partial charge in [-0.15, -0.1) is 0 Å². The Balaban J connectivity index is 1.62. The van der Waals surface area contributed by atoms with E-state index in [2.05, 4.69) is 11.4 Å². The number of nitriles is 1. The Hall–Kier alpha value is -4.68. The molecule has 3 aromatic rings. The van der Waals surface area contributed by atoms with Crippen LogP contribution in [-0.4, -0.2) is 30.1 Å². The Morgan fingerprint density at radius 2 is 1.74 bits per heavy atom. The molecule has 1 aliphatic heterocycles. The maximum Gasteiger partial charge on any atom is 0.270 e. The number of carbonyl (C=O) groups is 2. The van der Waals surface area contributed by atoms with Gasteiger partial charge in [-0.25, -0.2) is 0 Å². The Kier molecular flexibility index (Phi) is 8.36. The molecule has 1 heterocycles. The van der Waals surface area contributed by atoms with Crippen molar-refractivity contribution >= 4 is 40.9 Å². The number of hydrogen-bond acceptors (Lipinski definition) is 7. The van der Waals surface area contributed by atoms with Crippen LogP contribution in [0.15, 0.2) is 72.3 Å². The van der Waals surface area contributed by atoms with E-state index >= 15 is 0 Å². The van der Waals surface area contributed by atoms with Crippen molar-refractivity contribution < 1.29 is 23.8 Å². The number of anilines is 1. The SMILES string of the molecule is CCOc1cccc(N2C(=O)/C(=C/c3ccc(OCc4ccccc4C#N)c(OCC)c3)C(=O)NC2=S)c1. The highest BCUT2D eigenvalue weighted by Gasteiger charge is 2.34. The zero-order chi connectivity index (χ0) is 27.1. The first-order chi connectivity index (χ1) is 18.4. The lowest BCUT2D eigenvalue weighted by molar-refractivity contribution is -0.122. The predicted molar refractivity (Wildman–Crippen MR) is 147 cm³/mol. The van der Waals surface area contributed by atoms with Crippen LogP contribution in [0.4, 0.5) is 5.69 Å². The van der Waals surface area contributed by atoms with Crippen LogP contribution in [0.5, 0.6) is 17.2 Å². The molecule has 9 heteroatoms. The van der Waals surface area contributed by atoms with Crippen molar-refractivity contribution in [2.45, 2.75) is 20.5 Å². The zero-order valence-electron chi connectivity index (χ0n) is 20.9. The van der Waals surface area contributed by atoms with Gasteiger partial charge in [0, 0.05) is 11.6 Å². The van der Waals surface area contributed by atoms with Gasteiger partial charge in [0.15, 0.2) is 16.6 Å². The fraction of sp³-hybridized carbons (Fsp3) is 0.172. The zero-order valence-corrected chi connectivity index (χ0v) is 21.7. The predicted octanol–water partition coefficient (Wildman–Crippen LogP) is 4.77. The highest BCUT2D eigenvalue weighted by Crippen LogP contribution is 2.31. The number of ether oxygens (including phenoxy) is 3. The number of amides is 2. The molecule has 2 amide bonds. The molecule has 1 aliphatic rings. The van der Waals surface area contributed by atoms with Gasteiger partial charge in [0.1, 0.15) is 17.9 Å². The second-order valence-electron chi connectivity index (χ2n) is 8.09. The van der Waals surface area contributed by atoms with Gasteiger partial charge in [0.25, 0.3) is 11.8 Å². The van der Waals surface area contributed by atoms with Gasteiger partial charge in [-0.2, -0.15) is 5.26 Å². The summed E-state index contributed by atoms with van der Waals surface area (Å²) in [6.07, 6.45) is 1.48. The summed E-state index contributed by atoms with van der Waals surface area (Å²) in [5.41, 5.74) is 2.24. The Morgan fingerprint density at radius 3 is 2.50 bits per heavy atom. The van der Waals surface area contributed by atoms with E-state index in [4.69, 9.17) is 26.4 Å². The van der Waals surface area contributed by atoms with Crippen LogP contribution in [0.3, 0.4) is 0 Å². The Labute approximate surface area is 226 Å². The normalized spacial score (nSPS) is 14.2. The van der Waals surface area contributed by atoms with E-state index in [0.717, 1.165) is 5.56 Å². The van der Waals surface area contributed by atoms with Crippen molar-refractivity contribution in [2.75, 3.05) is 18.1 Å². The summed E-state index contributed by atoms with van der Waals surface area (Å²) in [7, 11) is 0. The van der Waals surface area contributed by atoms with Crippen molar-refractivity contribution in [3.63, 3.8) is 0 Å². The lowest BCUT2D eigenvalue weighted by Gasteiger charge is -2.29. The molecule has 0 radical (unpaired) electrons. The molecule has 0 aromatic heterocycles. The smallest absolute Gasteiger partial charge is 0.270 e. The Morgan fingerprint density at radius 1 is 0.947 bits per heavy atom. The standard InChI is InChI=1S/C29H25N3O5S/c1-3-35-23-11-7-10-22(16-23)32-28(34)24(27(33)31-29(32)38)14-19-12-13-25(26(15-19)36-4-2)37-18-21-9-6-5-8-20(21)17-30/h5-16H,3-4,18H2,1-2H3,(H,31,33,38)/b24-14+. The third kappa shape index (κ3) is 5.82. The summed E-state index contributed by atoms with van der Waals surface area (Å²) >= 11 is 5.30. The maximum atomic E-state index is 13.4. The van der Waals surface area contributed by atoms with Crippen LogP contribution in [0.1, 0.15) is 30.5 Å². The average Bonchev–Trinajstić information content (AvgIpc) is 2.91. The summed E-state index contributed by atoms with van der Waals surface area (Å²) < 4.78 is 17.2. The number of benzene rings is 3.